The Kier molecular flexibility index (Phi) is 2.57. The average molecular weight is 219 g/mol. The number of benzene rings is 1. The van der Waals surface area contributed by atoms with E-state index in [1.54, 1.807) is 6.20 Å². The molecule has 0 bridgehead atoms. The molecule has 0 spiro atoms. The van der Waals surface area contributed by atoms with E-state index in [1.807, 2.05) is 44.2 Å². The first kappa shape index (κ1) is 10.3. The highest BCUT2D eigenvalue weighted by atomic mass is 32.1. The topological polar surface area (TPSA) is 22.1 Å². The summed E-state index contributed by atoms with van der Waals surface area (Å²) in [6, 6.07) is 9.80. The first-order valence-corrected chi connectivity index (χ1v) is 5.25. The second kappa shape index (κ2) is 3.74. The van der Waals surface area contributed by atoms with Crippen LogP contribution in [-0.4, -0.2) is 9.92 Å². The summed E-state index contributed by atoms with van der Waals surface area (Å²) in [6.07, 6.45) is 1.78. The van der Waals surface area contributed by atoms with Crippen molar-refractivity contribution in [1.29, 1.82) is 0 Å². The number of hydrogen-bond acceptors (Lipinski definition) is 3. The molecule has 0 N–H and O–H groups in total. The predicted octanol–water partition coefficient (Wildman–Crippen LogP) is 3.28. The number of hydrogen-bond donors (Lipinski definition) is 1. The summed E-state index contributed by atoms with van der Waals surface area (Å²) in [6.45, 7) is 3.80. The minimum Gasteiger partial charge on any atom is -0.477 e. The molecule has 0 unspecified atom stereocenters. The zero-order valence-corrected chi connectivity index (χ0v) is 9.66. The molecule has 3 heteroatoms. The zero-order chi connectivity index (χ0) is 10.9. The maximum Gasteiger partial charge on any atom is 0.146 e. The van der Waals surface area contributed by atoms with E-state index in [0.717, 1.165) is 16.7 Å². The quantitative estimate of drug-likeness (QED) is 0.618. The fourth-order valence-corrected chi connectivity index (χ4v) is 1.50. The van der Waals surface area contributed by atoms with Crippen LogP contribution in [0.15, 0.2) is 36.5 Å². The molecule has 15 heavy (non-hydrogen) atoms. The van der Waals surface area contributed by atoms with Gasteiger partial charge in [-0.15, -0.1) is 12.6 Å². The molecule has 0 aliphatic rings. The minimum atomic E-state index is -0.470. The lowest BCUT2D eigenvalue weighted by Gasteiger charge is -2.20. The lowest BCUT2D eigenvalue weighted by molar-refractivity contribution is 0.210. The predicted molar refractivity (Wildman–Crippen MR) is 65.4 cm³/mol. The van der Waals surface area contributed by atoms with Gasteiger partial charge in [0.1, 0.15) is 10.7 Å². The maximum atomic E-state index is 5.63. The van der Waals surface area contributed by atoms with E-state index < -0.39 is 4.93 Å². The highest BCUT2D eigenvalue weighted by Gasteiger charge is 2.12. The van der Waals surface area contributed by atoms with Gasteiger partial charge < -0.3 is 4.74 Å². The fraction of sp³-hybridized carbons (Fsp3) is 0.250. The minimum absolute atomic E-state index is 0.470. The first-order valence-electron chi connectivity index (χ1n) is 4.81. The number of pyridine rings is 1. The summed E-state index contributed by atoms with van der Waals surface area (Å²) in [4.78, 5) is 3.80. The van der Waals surface area contributed by atoms with E-state index in [9.17, 15) is 0 Å². The van der Waals surface area contributed by atoms with Gasteiger partial charge in [-0.1, -0.05) is 6.07 Å². The molecule has 1 heterocycles. The van der Waals surface area contributed by atoms with Gasteiger partial charge in [0.25, 0.3) is 0 Å². The number of thiol groups is 1. The molecular formula is C12H13NOS. The van der Waals surface area contributed by atoms with Crippen LogP contribution in [0, 0.1) is 0 Å². The van der Waals surface area contributed by atoms with Gasteiger partial charge in [0.15, 0.2) is 0 Å². The second-order valence-corrected chi connectivity index (χ2v) is 4.98. The molecule has 0 amide bonds. The van der Waals surface area contributed by atoms with Gasteiger partial charge >= 0.3 is 0 Å². The van der Waals surface area contributed by atoms with E-state index in [-0.39, 0.29) is 0 Å². The molecule has 0 atom stereocenters. The fourth-order valence-electron chi connectivity index (χ4n) is 1.40. The molecule has 0 fully saturated rings. The van der Waals surface area contributed by atoms with Crippen LogP contribution < -0.4 is 4.74 Å². The van der Waals surface area contributed by atoms with Gasteiger partial charge in [-0.2, -0.15) is 0 Å². The van der Waals surface area contributed by atoms with Gasteiger partial charge in [0, 0.05) is 17.6 Å². The van der Waals surface area contributed by atoms with Crippen molar-refractivity contribution in [2.24, 2.45) is 0 Å². The summed E-state index contributed by atoms with van der Waals surface area (Å²) in [5, 5.41) is 1.11. The van der Waals surface area contributed by atoms with Crippen molar-refractivity contribution < 1.29 is 4.74 Å². The van der Waals surface area contributed by atoms with Crippen molar-refractivity contribution in [3.63, 3.8) is 0 Å². The Bertz CT molecular complexity index is 476. The van der Waals surface area contributed by atoms with E-state index >= 15 is 0 Å². The largest absolute Gasteiger partial charge is 0.477 e. The Hall–Kier alpha value is -1.22. The van der Waals surface area contributed by atoms with Crippen molar-refractivity contribution in [2.75, 3.05) is 0 Å². The van der Waals surface area contributed by atoms with Crippen LogP contribution in [0.5, 0.6) is 5.75 Å². The maximum absolute atomic E-state index is 5.63. The van der Waals surface area contributed by atoms with Crippen molar-refractivity contribution in [3.05, 3.63) is 36.5 Å². The molecule has 0 saturated heterocycles. The molecule has 0 aliphatic heterocycles. The van der Waals surface area contributed by atoms with Crippen molar-refractivity contribution in [2.45, 2.75) is 18.8 Å². The summed E-state index contributed by atoms with van der Waals surface area (Å²) >= 11 is 4.32. The zero-order valence-electron chi connectivity index (χ0n) is 8.77. The standard InChI is InChI=1S/C12H13NOS/c1-12(2,15)14-10-6-5-9-4-3-7-13-11(9)8-10/h3-8,15H,1-2H3. The molecule has 0 aliphatic carbocycles. The van der Waals surface area contributed by atoms with E-state index in [0.29, 0.717) is 0 Å². The van der Waals surface area contributed by atoms with Crippen LogP contribution in [0.25, 0.3) is 10.9 Å². The van der Waals surface area contributed by atoms with Crippen LogP contribution in [0.3, 0.4) is 0 Å². The Morgan fingerprint density at radius 3 is 2.80 bits per heavy atom. The summed E-state index contributed by atoms with van der Waals surface area (Å²) in [7, 11) is 0. The van der Waals surface area contributed by atoms with Gasteiger partial charge in [-0.25, -0.2) is 0 Å². The summed E-state index contributed by atoms with van der Waals surface area (Å²) in [5.74, 6) is 0.793. The van der Waals surface area contributed by atoms with Crippen LogP contribution in [0.4, 0.5) is 0 Å². The van der Waals surface area contributed by atoms with Crippen LogP contribution >= 0.6 is 12.6 Å². The van der Waals surface area contributed by atoms with Gasteiger partial charge in [0.05, 0.1) is 5.52 Å². The van der Waals surface area contributed by atoms with Gasteiger partial charge in [-0.05, 0) is 32.0 Å². The molecule has 2 rings (SSSR count). The number of rotatable bonds is 2. The third-order valence-electron chi connectivity index (χ3n) is 1.94. The molecular weight excluding hydrogens is 206 g/mol. The summed E-state index contributed by atoms with van der Waals surface area (Å²) < 4.78 is 5.63. The third-order valence-corrected chi connectivity index (χ3v) is 2.04. The van der Waals surface area contributed by atoms with Crippen molar-refractivity contribution in [1.82, 2.24) is 4.98 Å². The lowest BCUT2D eigenvalue weighted by atomic mass is 10.2. The van der Waals surface area contributed by atoms with E-state index in [2.05, 4.69) is 17.6 Å². The molecule has 1 aromatic carbocycles. The Balaban J connectivity index is 2.39. The molecule has 2 aromatic rings. The third kappa shape index (κ3) is 2.63. The van der Waals surface area contributed by atoms with Gasteiger partial charge in [0.2, 0.25) is 0 Å². The highest BCUT2D eigenvalue weighted by molar-refractivity contribution is 7.81. The van der Waals surface area contributed by atoms with Crippen LogP contribution in [0.2, 0.25) is 0 Å². The average Bonchev–Trinajstić information content (AvgIpc) is 2.15. The lowest BCUT2D eigenvalue weighted by Crippen LogP contribution is -2.19. The number of nitrogens with zero attached hydrogens (tertiary/aromatic N) is 1. The Labute approximate surface area is 94.7 Å². The smallest absolute Gasteiger partial charge is 0.146 e. The van der Waals surface area contributed by atoms with Crippen molar-refractivity contribution in [3.8, 4) is 5.75 Å². The van der Waals surface area contributed by atoms with Crippen LogP contribution in [-0.2, 0) is 0 Å². The van der Waals surface area contributed by atoms with Crippen LogP contribution in [0.1, 0.15) is 13.8 Å². The second-order valence-electron chi connectivity index (χ2n) is 3.91. The Morgan fingerprint density at radius 2 is 2.07 bits per heavy atom. The molecule has 0 saturated carbocycles. The molecule has 0 radical (unpaired) electrons. The molecule has 78 valence electrons. The monoisotopic (exact) mass is 219 g/mol. The van der Waals surface area contributed by atoms with Gasteiger partial charge in [-0.3, -0.25) is 4.98 Å². The Morgan fingerprint density at radius 1 is 1.27 bits per heavy atom. The number of fused-ring (bicyclic) bond motifs is 1. The number of ether oxygens (including phenoxy) is 1. The van der Waals surface area contributed by atoms with Crippen molar-refractivity contribution >= 4 is 23.5 Å². The highest BCUT2D eigenvalue weighted by Crippen LogP contribution is 2.24. The first-order chi connectivity index (χ1) is 7.04. The SMILES string of the molecule is CC(C)(S)Oc1ccc2cccnc2c1. The van der Waals surface area contributed by atoms with E-state index in [4.69, 9.17) is 4.74 Å². The summed E-state index contributed by atoms with van der Waals surface area (Å²) in [5.41, 5.74) is 0.938. The number of aromatic nitrogens is 1. The molecule has 2 nitrogen and oxygen atoms in total. The normalized spacial score (nSPS) is 11.7. The molecule has 1 aromatic heterocycles. The van der Waals surface area contributed by atoms with E-state index in [1.165, 1.54) is 0 Å².